The Kier molecular flexibility index (Phi) is 5.67. The maximum Gasteiger partial charge on any atom is -0.0195 e. The predicted octanol–water partition coefficient (Wildman–Crippen LogP) is 5.17. The van der Waals surface area contributed by atoms with Gasteiger partial charge in [0.15, 0.2) is 0 Å². The first-order valence-electron chi connectivity index (χ1n) is 8.39. The largest absolute Gasteiger partial charge is 0.101 e. The molecular weight excluding hydrogens is 302 g/mol. The van der Waals surface area contributed by atoms with Gasteiger partial charge in [-0.25, -0.2) is 0 Å². The summed E-state index contributed by atoms with van der Waals surface area (Å²) in [6, 6.07) is 22.3. The fourth-order valence-electron chi connectivity index (χ4n) is 3.53. The predicted molar refractivity (Wildman–Crippen MR) is 104 cm³/mol. The summed E-state index contributed by atoms with van der Waals surface area (Å²) in [6.07, 6.45) is 5.74. The number of hydrogen-bond donors (Lipinski definition) is 0. The zero-order chi connectivity index (χ0) is 15.4. The Hall–Kier alpha value is -0.700. The summed E-state index contributed by atoms with van der Waals surface area (Å²) in [5.74, 6) is 0. The molecule has 0 aliphatic carbocycles. The minimum absolute atomic E-state index is 0.189. The van der Waals surface area contributed by atoms with Crippen LogP contribution in [0.3, 0.4) is 0 Å². The lowest BCUT2D eigenvalue weighted by Gasteiger charge is -2.25. The van der Waals surface area contributed by atoms with Crippen LogP contribution in [0.5, 0.6) is 0 Å². The zero-order valence-electron chi connectivity index (χ0n) is 13.7. The van der Waals surface area contributed by atoms with Crippen molar-refractivity contribution in [3.05, 3.63) is 60.7 Å². The van der Waals surface area contributed by atoms with Crippen molar-refractivity contribution in [3.8, 4) is 0 Å². The van der Waals surface area contributed by atoms with Crippen molar-refractivity contribution in [3.63, 3.8) is 0 Å². The van der Waals surface area contributed by atoms with E-state index in [4.69, 9.17) is 0 Å². The van der Waals surface area contributed by atoms with Crippen molar-refractivity contribution in [1.82, 2.24) is 0 Å². The highest BCUT2D eigenvalue weighted by atomic mass is 31.1. The summed E-state index contributed by atoms with van der Waals surface area (Å²) in [5, 5.41) is 3.08. The third kappa shape index (κ3) is 3.79. The van der Waals surface area contributed by atoms with Gasteiger partial charge in [-0.1, -0.05) is 74.5 Å². The third-order valence-corrected chi connectivity index (χ3v) is 11.2. The molecule has 1 aliphatic heterocycles. The van der Waals surface area contributed by atoms with E-state index in [9.17, 15) is 0 Å². The smallest absolute Gasteiger partial charge is 0.0195 e. The third-order valence-electron chi connectivity index (χ3n) is 4.85. The van der Waals surface area contributed by atoms with Gasteiger partial charge in [-0.2, -0.15) is 0 Å². The first-order chi connectivity index (χ1) is 10.8. The highest BCUT2D eigenvalue weighted by Gasteiger charge is 2.30. The van der Waals surface area contributed by atoms with Gasteiger partial charge in [0, 0.05) is 0 Å². The first-order valence-corrected chi connectivity index (χ1v) is 11.6. The Bertz CT molecular complexity index is 517. The van der Waals surface area contributed by atoms with Crippen molar-refractivity contribution in [1.29, 1.82) is 0 Å². The van der Waals surface area contributed by atoms with Gasteiger partial charge in [-0.05, 0) is 55.0 Å². The Morgan fingerprint density at radius 1 is 0.818 bits per heavy atom. The highest BCUT2D eigenvalue weighted by Crippen LogP contribution is 2.56. The molecule has 2 aromatic carbocycles. The van der Waals surface area contributed by atoms with Crippen molar-refractivity contribution < 1.29 is 0 Å². The molecule has 2 atom stereocenters. The van der Waals surface area contributed by atoms with Gasteiger partial charge in [0.25, 0.3) is 0 Å². The molecule has 2 aromatic rings. The van der Waals surface area contributed by atoms with Gasteiger partial charge in [-0.3, -0.25) is 0 Å². The fourth-order valence-corrected chi connectivity index (χ4v) is 9.84. The lowest BCUT2D eigenvalue weighted by Crippen LogP contribution is -2.16. The molecule has 0 unspecified atom stereocenters. The molecule has 0 spiro atoms. The van der Waals surface area contributed by atoms with Gasteiger partial charge in [0.05, 0.1) is 0 Å². The van der Waals surface area contributed by atoms with E-state index >= 15 is 0 Å². The van der Waals surface area contributed by atoms with Crippen LogP contribution in [0, 0.1) is 0 Å². The molecule has 0 amide bonds. The summed E-state index contributed by atoms with van der Waals surface area (Å²) in [4.78, 5) is 0. The molecule has 3 rings (SSSR count). The molecule has 1 fully saturated rings. The van der Waals surface area contributed by atoms with Gasteiger partial charge in [0.1, 0.15) is 0 Å². The van der Waals surface area contributed by atoms with E-state index in [1.165, 1.54) is 25.2 Å². The fraction of sp³-hybridized carbons (Fsp3) is 0.400. The Balaban J connectivity index is 1.78. The van der Waals surface area contributed by atoms with Crippen LogP contribution >= 0.6 is 15.8 Å². The normalized spacial score (nSPS) is 22.3. The molecular formula is C20H26P2. The summed E-state index contributed by atoms with van der Waals surface area (Å²) in [7, 11) is 0.0465. The summed E-state index contributed by atoms with van der Waals surface area (Å²) in [6.45, 7) is 4.98. The molecule has 22 heavy (non-hydrogen) atoms. The minimum Gasteiger partial charge on any atom is -0.101 e. The second kappa shape index (κ2) is 7.72. The first kappa shape index (κ1) is 16.2. The van der Waals surface area contributed by atoms with Gasteiger partial charge in [0.2, 0.25) is 0 Å². The van der Waals surface area contributed by atoms with E-state index in [0.29, 0.717) is 0 Å². The molecule has 0 aromatic heterocycles. The topological polar surface area (TPSA) is 0 Å². The van der Waals surface area contributed by atoms with E-state index in [1.807, 2.05) is 0 Å². The lowest BCUT2D eigenvalue weighted by atomic mass is 10.2. The molecule has 0 N–H and O–H groups in total. The Morgan fingerprint density at radius 2 is 1.27 bits per heavy atom. The molecule has 0 radical (unpaired) electrons. The Labute approximate surface area is 137 Å². The molecule has 0 saturated carbocycles. The molecule has 116 valence electrons. The van der Waals surface area contributed by atoms with Crippen LogP contribution in [-0.2, 0) is 0 Å². The number of rotatable bonds is 5. The average molecular weight is 328 g/mol. The summed E-state index contributed by atoms with van der Waals surface area (Å²) >= 11 is 0. The second-order valence-electron chi connectivity index (χ2n) is 6.34. The average Bonchev–Trinajstić information content (AvgIpc) is 2.89. The molecule has 1 heterocycles. The van der Waals surface area contributed by atoms with Gasteiger partial charge < -0.3 is 0 Å². The summed E-state index contributed by atoms with van der Waals surface area (Å²) < 4.78 is 0. The quantitative estimate of drug-likeness (QED) is 0.664. The monoisotopic (exact) mass is 328 g/mol. The Morgan fingerprint density at radius 3 is 1.73 bits per heavy atom. The van der Waals surface area contributed by atoms with Crippen LogP contribution in [0.25, 0.3) is 0 Å². The number of benzene rings is 2. The van der Waals surface area contributed by atoms with Crippen molar-refractivity contribution >= 4 is 26.5 Å². The van der Waals surface area contributed by atoms with Crippen molar-refractivity contribution in [2.75, 3.05) is 12.3 Å². The van der Waals surface area contributed by atoms with Crippen LogP contribution in [-0.4, -0.2) is 23.6 Å². The molecule has 0 nitrogen and oxygen atoms in total. The maximum atomic E-state index is 2.49. The SMILES string of the molecule is C[C@@H]1CC[C@@H](C)P1CCP(c1ccccc1)c1ccccc1. The van der Waals surface area contributed by atoms with Gasteiger partial charge >= 0.3 is 0 Å². The van der Waals surface area contributed by atoms with E-state index in [2.05, 4.69) is 74.5 Å². The second-order valence-corrected chi connectivity index (χ2v) is 11.9. The minimum atomic E-state index is -0.189. The van der Waals surface area contributed by atoms with Crippen LogP contribution in [0.4, 0.5) is 0 Å². The van der Waals surface area contributed by atoms with Crippen LogP contribution in [0.2, 0.25) is 0 Å². The van der Waals surface area contributed by atoms with E-state index < -0.39 is 0 Å². The molecule has 2 heteroatoms. The standard InChI is InChI=1S/C20H26P2/c1-17-13-14-18(2)21(17)15-16-22(19-9-5-3-6-10-19)20-11-7-4-8-12-20/h3-12,17-18H,13-16H2,1-2H3/t17-,18-/m1/s1. The molecule has 1 aliphatic rings. The van der Waals surface area contributed by atoms with Crippen molar-refractivity contribution in [2.24, 2.45) is 0 Å². The van der Waals surface area contributed by atoms with Crippen molar-refractivity contribution in [2.45, 2.75) is 38.0 Å². The van der Waals surface area contributed by atoms with Crippen LogP contribution in [0.1, 0.15) is 26.7 Å². The van der Waals surface area contributed by atoms with Crippen LogP contribution in [0.15, 0.2) is 60.7 Å². The maximum absolute atomic E-state index is 2.49. The molecule has 1 saturated heterocycles. The highest BCUT2D eigenvalue weighted by molar-refractivity contribution is 7.74. The van der Waals surface area contributed by atoms with Crippen LogP contribution < -0.4 is 10.6 Å². The summed E-state index contributed by atoms with van der Waals surface area (Å²) in [5.41, 5.74) is 1.96. The number of hydrogen-bond acceptors (Lipinski definition) is 0. The van der Waals surface area contributed by atoms with Gasteiger partial charge in [-0.15, -0.1) is 7.92 Å². The zero-order valence-corrected chi connectivity index (χ0v) is 15.4. The van der Waals surface area contributed by atoms with E-state index in [-0.39, 0.29) is 15.8 Å². The molecule has 0 bridgehead atoms. The van der Waals surface area contributed by atoms with E-state index in [1.54, 1.807) is 10.6 Å². The van der Waals surface area contributed by atoms with E-state index in [0.717, 1.165) is 11.3 Å². The lowest BCUT2D eigenvalue weighted by molar-refractivity contribution is 0.777.